The molecule has 0 fully saturated rings. The molecule has 0 aliphatic heterocycles. The smallest absolute Gasteiger partial charge is 0.253 e. The molecule has 0 bridgehead atoms. The fourth-order valence-corrected chi connectivity index (χ4v) is 2.84. The molecule has 0 spiro atoms. The van der Waals surface area contributed by atoms with Crippen LogP contribution in [0.1, 0.15) is 12.5 Å². The van der Waals surface area contributed by atoms with Crippen molar-refractivity contribution < 1.29 is 13.2 Å². The Hall–Kier alpha value is -2.42. The lowest BCUT2D eigenvalue weighted by atomic mass is 10.2. The summed E-state index contributed by atoms with van der Waals surface area (Å²) in [6.45, 7) is 2.02. The molecule has 0 aliphatic carbocycles. The van der Waals surface area contributed by atoms with Gasteiger partial charge in [-0.25, -0.2) is 9.67 Å². The molecule has 0 aliphatic rings. The summed E-state index contributed by atoms with van der Waals surface area (Å²) in [5, 5.41) is 7.89. The third kappa shape index (κ3) is 3.40. The number of hydrogen-bond acceptors (Lipinski definition) is 5. The van der Waals surface area contributed by atoms with Gasteiger partial charge >= 0.3 is 6.18 Å². The Labute approximate surface area is 139 Å². The molecule has 0 saturated carbocycles. The van der Waals surface area contributed by atoms with Crippen LogP contribution in [0, 0.1) is 0 Å². The fourth-order valence-electron chi connectivity index (χ4n) is 2.06. The molecule has 0 atom stereocenters. The summed E-state index contributed by atoms with van der Waals surface area (Å²) in [5.74, 6) is 0.909. The summed E-state index contributed by atoms with van der Waals surface area (Å²) in [4.78, 5) is 9.15. The lowest BCUT2D eigenvalue weighted by Crippen LogP contribution is -2.07. The quantitative estimate of drug-likeness (QED) is 0.668. The van der Waals surface area contributed by atoms with E-state index in [1.54, 1.807) is 18.0 Å². The van der Waals surface area contributed by atoms with E-state index in [1.165, 1.54) is 10.9 Å². The van der Waals surface area contributed by atoms with Gasteiger partial charge in [0.2, 0.25) is 0 Å². The lowest BCUT2D eigenvalue weighted by molar-refractivity contribution is -0.137. The molecule has 3 rings (SSSR count). The monoisotopic (exact) mass is 351 g/mol. The minimum atomic E-state index is -4.44. The van der Waals surface area contributed by atoms with Gasteiger partial charge < -0.3 is 0 Å². The van der Waals surface area contributed by atoms with Crippen LogP contribution in [0.5, 0.6) is 0 Å². The first kappa shape index (κ1) is 16.4. The molecule has 124 valence electrons. The molecule has 0 N–H and O–H groups in total. The molecule has 0 aromatic carbocycles. The van der Waals surface area contributed by atoms with Crippen molar-refractivity contribution >= 4 is 11.8 Å². The van der Waals surface area contributed by atoms with Crippen LogP contribution in [0.3, 0.4) is 0 Å². The van der Waals surface area contributed by atoms with Gasteiger partial charge in [-0.05, 0) is 30.0 Å². The van der Waals surface area contributed by atoms with Crippen LogP contribution >= 0.6 is 11.8 Å². The second-order valence-corrected chi connectivity index (χ2v) is 6.04. The number of thioether (sulfide) groups is 1. The zero-order valence-electron chi connectivity index (χ0n) is 12.5. The van der Waals surface area contributed by atoms with Crippen LogP contribution in [0.15, 0.2) is 47.8 Å². The summed E-state index contributed by atoms with van der Waals surface area (Å²) in [7, 11) is 0. The first-order valence-corrected chi connectivity index (χ1v) is 8.01. The van der Waals surface area contributed by atoms with Crippen molar-refractivity contribution in [3.8, 4) is 17.2 Å². The molecule has 3 aromatic heterocycles. The summed E-state index contributed by atoms with van der Waals surface area (Å²) in [6, 6.07) is 5.58. The Morgan fingerprint density at radius 2 is 2.00 bits per heavy atom. The molecule has 0 saturated heterocycles. The van der Waals surface area contributed by atoms with Crippen LogP contribution < -0.4 is 0 Å². The van der Waals surface area contributed by atoms with E-state index in [4.69, 9.17) is 0 Å². The molecule has 0 unspecified atom stereocenters. The van der Waals surface area contributed by atoms with Crippen molar-refractivity contribution in [2.24, 2.45) is 0 Å². The SMILES string of the molecule is CCSc1cccnc1-c1cn(-c2cc(C(F)(F)F)ccn2)nn1. The maximum atomic E-state index is 12.8. The van der Waals surface area contributed by atoms with E-state index in [9.17, 15) is 13.2 Å². The van der Waals surface area contributed by atoms with Gasteiger partial charge in [0, 0.05) is 17.3 Å². The summed E-state index contributed by atoms with van der Waals surface area (Å²) < 4.78 is 39.6. The van der Waals surface area contributed by atoms with Crippen molar-refractivity contribution in [1.29, 1.82) is 0 Å². The average molecular weight is 351 g/mol. The van der Waals surface area contributed by atoms with Crippen LogP contribution in [0.4, 0.5) is 13.2 Å². The number of hydrogen-bond donors (Lipinski definition) is 0. The zero-order valence-corrected chi connectivity index (χ0v) is 13.3. The predicted molar refractivity (Wildman–Crippen MR) is 83.8 cm³/mol. The van der Waals surface area contributed by atoms with Crippen LogP contribution in [-0.2, 0) is 6.18 Å². The maximum Gasteiger partial charge on any atom is 0.416 e. The van der Waals surface area contributed by atoms with Gasteiger partial charge in [0.25, 0.3) is 0 Å². The third-order valence-electron chi connectivity index (χ3n) is 3.11. The van der Waals surface area contributed by atoms with Gasteiger partial charge in [0.05, 0.1) is 11.8 Å². The number of alkyl halides is 3. The van der Waals surface area contributed by atoms with Crippen molar-refractivity contribution in [3.05, 3.63) is 48.4 Å². The Balaban J connectivity index is 1.98. The first-order chi connectivity index (χ1) is 11.5. The molecule has 0 amide bonds. The highest BCUT2D eigenvalue weighted by Crippen LogP contribution is 2.30. The van der Waals surface area contributed by atoms with E-state index in [0.29, 0.717) is 11.4 Å². The zero-order chi connectivity index (χ0) is 17.2. The van der Waals surface area contributed by atoms with E-state index in [1.807, 2.05) is 19.1 Å². The molecule has 3 heterocycles. The highest BCUT2D eigenvalue weighted by Gasteiger charge is 2.31. The summed E-state index contributed by atoms with van der Waals surface area (Å²) in [6.07, 6.45) is -0.188. The standard InChI is InChI=1S/C15H12F3N5S/c1-2-24-12-4-3-6-20-14(12)11-9-23(22-21-11)13-8-10(5-7-19-13)15(16,17)18/h3-9H,2H2,1H3. The lowest BCUT2D eigenvalue weighted by Gasteiger charge is -2.07. The van der Waals surface area contributed by atoms with Gasteiger partial charge in [0.15, 0.2) is 5.82 Å². The maximum absolute atomic E-state index is 12.8. The van der Waals surface area contributed by atoms with Crippen LogP contribution in [0.2, 0.25) is 0 Å². The van der Waals surface area contributed by atoms with Gasteiger partial charge in [-0.3, -0.25) is 4.98 Å². The average Bonchev–Trinajstić information content (AvgIpc) is 3.05. The molecule has 0 radical (unpaired) electrons. The Bertz CT molecular complexity index is 847. The van der Waals surface area contributed by atoms with Crippen LogP contribution in [-0.4, -0.2) is 30.7 Å². The second kappa shape index (κ2) is 6.60. The van der Waals surface area contributed by atoms with Crippen molar-refractivity contribution in [1.82, 2.24) is 25.0 Å². The van der Waals surface area contributed by atoms with E-state index < -0.39 is 11.7 Å². The molecule has 24 heavy (non-hydrogen) atoms. The largest absolute Gasteiger partial charge is 0.416 e. The van der Waals surface area contributed by atoms with E-state index in [0.717, 1.165) is 29.0 Å². The van der Waals surface area contributed by atoms with Gasteiger partial charge in [-0.2, -0.15) is 13.2 Å². The minimum Gasteiger partial charge on any atom is -0.253 e. The van der Waals surface area contributed by atoms with Crippen molar-refractivity contribution in [2.75, 3.05) is 5.75 Å². The van der Waals surface area contributed by atoms with Gasteiger partial charge in [0.1, 0.15) is 11.4 Å². The molecular formula is C15H12F3N5S. The van der Waals surface area contributed by atoms with E-state index in [-0.39, 0.29) is 5.82 Å². The third-order valence-corrected chi connectivity index (χ3v) is 4.04. The summed E-state index contributed by atoms with van der Waals surface area (Å²) in [5.41, 5.74) is 0.331. The van der Waals surface area contributed by atoms with Crippen molar-refractivity contribution in [2.45, 2.75) is 18.0 Å². The van der Waals surface area contributed by atoms with Gasteiger partial charge in [-0.1, -0.05) is 12.1 Å². The Kier molecular flexibility index (Phi) is 4.52. The molecular weight excluding hydrogens is 339 g/mol. The number of halogens is 3. The summed E-state index contributed by atoms with van der Waals surface area (Å²) >= 11 is 1.60. The Morgan fingerprint density at radius 3 is 2.75 bits per heavy atom. The number of rotatable bonds is 4. The fraction of sp³-hybridized carbons (Fsp3) is 0.200. The number of aromatic nitrogens is 5. The number of nitrogens with zero attached hydrogens (tertiary/aromatic N) is 5. The highest BCUT2D eigenvalue weighted by atomic mass is 32.2. The highest BCUT2D eigenvalue weighted by molar-refractivity contribution is 7.99. The predicted octanol–water partition coefficient (Wildman–Crippen LogP) is 3.86. The normalized spacial score (nSPS) is 11.7. The topological polar surface area (TPSA) is 56.5 Å². The van der Waals surface area contributed by atoms with Gasteiger partial charge in [-0.15, -0.1) is 16.9 Å². The van der Waals surface area contributed by atoms with Crippen molar-refractivity contribution in [3.63, 3.8) is 0 Å². The Morgan fingerprint density at radius 1 is 1.17 bits per heavy atom. The second-order valence-electron chi connectivity index (χ2n) is 4.73. The van der Waals surface area contributed by atoms with E-state index in [2.05, 4.69) is 20.3 Å². The minimum absolute atomic E-state index is 0.0456. The molecule has 3 aromatic rings. The van der Waals surface area contributed by atoms with Crippen LogP contribution in [0.25, 0.3) is 17.2 Å². The van der Waals surface area contributed by atoms with E-state index >= 15 is 0 Å². The first-order valence-electron chi connectivity index (χ1n) is 7.03. The number of pyridine rings is 2. The molecule has 5 nitrogen and oxygen atoms in total. The molecule has 9 heteroatoms.